The summed E-state index contributed by atoms with van der Waals surface area (Å²) in [6.07, 6.45) is 1.69. The highest BCUT2D eigenvalue weighted by Gasteiger charge is 2.20. The minimum absolute atomic E-state index is 0.337. The first kappa shape index (κ1) is 9.78. The largest absolute Gasteiger partial charge is 0.354 e. The first-order chi connectivity index (χ1) is 7.84. The van der Waals surface area contributed by atoms with Crippen molar-refractivity contribution in [3.63, 3.8) is 0 Å². The van der Waals surface area contributed by atoms with Crippen LogP contribution < -0.4 is 4.90 Å². The van der Waals surface area contributed by atoms with Gasteiger partial charge in [0.1, 0.15) is 5.00 Å². The van der Waals surface area contributed by atoms with Gasteiger partial charge in [0, 0.05) is 18.4 Å². The second kappa shape index (κ2) is 3.87. The molecule has 1 fully saturated rings. The van der Waals surface area contributed by atoms with Crippen LogP contribution in [-0.2, 0) is 4.79 Å². The number of hydrogen-bond acceptors (Lipinski definition) is 4. The number of carbonyl (C=O) groups is 1. The molecular formula is C12H12N2OS. The highest BCUT2D eigenvalue weighted by Crippen LogP contribution is 2.32. The molecule has 0 saturated carbocycles. The molecule has 3 nitrogen and oxygen atoms in total. The second-order valence-electron chi connectivity index (χ2n) is 4.07. The fraction of sp³-hybridized carbons (Fsp3) is 0.333. The van der Waals surface area contributed by atoms with E-state index in [9.17, 15) is 4.79 Å². The lowest BCUT2D eigenvalue weighted by atomic mass is 10.1. The van der Waals surface area contributed by atoms with Crippen LogP contribution in [0.2, 0.25) is 0 Å². The van der Waals surface area contributed by atoms with Crippen molar-refractivity contribution in [2.24, 2.45) is 0 Å². The van der Waals surface area contributed by atoms with Gasteiger partial charge in [-0.15, -0.1) is 0 Å². The highest BCUT2D eigenvalue weighted by atomic mass is 32.1. The summed E-state index contributed by atoms with van der Waals surface area (Å²) in [7, 11) is 0. The monoisotopic (exact) mass is 232 g/mol. The Bertz CT molecular complexity index is 535. The van der Waals surface area contributed by atoms with Gasteiger partial charge in [-0.25, -0.2) is 0 Å². The maximum atomic E-state index is 11.4. The summed E-state index contributed by atoms with van der Waals surface area (Å²) >= 11 is 1.50. The van der Waals surface area contributed by atoms with Gasteiger partial charge in [-0.2, -0.15) is 4.37 Å². The van der Waals surface area contributed by atoms with E-state index in [1.165, 1.54) is 16.9 Å². The third-order valence-corrected chi connectivity index (χ3v) is 3.84. The fourth-order valence-electron chi connectivity index (χ4n) is 2.12. The number of aromatic nitrogens is 1. The molecule has 0 N–H and O–H groups in total. The zero-order chi connectivity index (χ0) is 11.0. The van der Waals surface area contributed by atoms with Crippen LogP contribution >= 0.6 is 11.5 Å². The van der Waals surface area contributed by atoms with E-state index in [0.29, 0.717) is 12.3 Å². The molecule has 0 amide bonds. The summed E-state index contributed by atoms with van der Waals surface area (Å²) in [5, 5.41) is 2.31. The van der Waals surface area contributed by atoms with E-state index in [2.05, 4.69) is 15.3 Å². The molecule has 1 aliphatic rings. The maximum absolute atomic E-state index is 11.4. The van der Waals surface area contributed by atoms with Crippen molar-refractivity contribution in [3.8, 4) is 0 Å². The Morgan fingerprint density at radius 3 is 3.06 bits per heavy atom. The molecule has 2 aromatic rings. The minimum atomic E-state index is 0.337. The smallest absolute Gasteiger partial charge is 0.152 e. The molecule has 3 rings (SSSR count). The number of Topliss-reactive ketones (excluding diaryl/α,β-unsaturated/α-hetero) is 1. The van der Waals surface area contributed by atoms with E-state index in [0.717, 1.165) is 29.9 Å². The Morgan fingerprint density at radius 1 is 1.31 bits per heavy atom. The van der Waals surface area contributed by atoms with Crippen LogP contribution in [-0.4, -0.2) is 23.2 Å². The quantitative estimate of drug-likeness (QED) is 0.757. The van der Waals surface area contributed by atoms with Gasteiger partial charge < -0.3 is 4.90 Å². The van der Waals surface area contributed by atoms with E-state index in [4.69, 9.17) is 0 Å². The van der Waals surface area contributed by atoms with Crippen molar-refractivity contribution in [1.29, 1.82) is 0 Å². The van der Waals surface area contributed by atoms with Crippen LogP contribution in [0, 0.1) is 0 Å². The number of hydrogen-bond donors (Lipinski definition) is 0. The molecule has 0 unspecified atom stereocenters. The van der Waals surface area contributed by atoms with Crippen molar-refractivity contribution < 1.29 is 4.79 Å². The number of fused-ring (bicyclic) bond motifs is 1. The Balaban J connectivity index is 2.02. The number of ketones is 1. The van der Waals surface area contributed by atoms with Crippen molar-refractivity contribution in [2.75, 3.05) is 18.0 Å². The third kappa shape index (κ3) is 1.59. The molecule has 4 heteroatoms. The lowest BCUT2D eigenvalue weighted by molar-refractivity contribution is -0.118. The first-order valence-corrected chi connectivity index (χ1v) is 6.23. The Morgan fingerprint density at radius 2 is 2.19 bits per heavy atom. The average molecular weight is 232 g/mol. The molecular weight excluding hydrogens is 220 g/mol. The first-order valence-electron chi connectivity index (χ1n) is 5.45. The Kier molecular flexibility index (Phi) is 2.36. The van der Waals surface area contributed by atoms with Gasteiger partial charge in [-0.1, -0.05) is 12.1 Å². The molecule has 0 bridgehead atoms. The summed E-state index contributed by atoms with van der Waals surface area (Å²) in [5.74, 6) is 0.337. The van der Waals surface area contributed by atoms with Crippen LogP contribution in [0.1, 0.15) is 12.8 Å². The highest BCUT2D eigenvalue weighted by molar-refractivity contribution is 7.11. The predicted molar refractivity (Wildman–Crippen MR) is 66.1 cm³/mol. The number of piperidine rings is 1. The van der Waals surface area contributed by atoms with Crippen LogP contribution in [0.4, 0.5) is 5.00 Å². The number of anilines is 1. The third-order valence-electron chi connectivity index (χ3n) is 2.90. The molecule has 0 radical (unpaired) electrons. The summed E-state index contributed by atoms with van der Waals surface area (Å²) in [5.41, 5.74) is 1.03. The van der Waals surface area contributed by atoms with Crippen molar-refractivity contribution in [2.45, 2.75) is 12.8 Å². The van der Waals surface area contributed by atoms with Crippen LogP contribution in [0.15, 0.2) is 24.3 Å². The van der Waals surface area contributed by atoms with Crippen molar-refractivity contribution >= 4 is 33.2 Å². The lowest BCUT2D eigenvalue weighted by Gasteiger charge is -2.26. The zero-order valence-corrected chi connectivity index (χ0v) is 9.67. The molecule has 0 aliphatic carbocycles. The van der Waals surface area contributed by atoms with Crippen molar-refractivity contribution in [1.82, 2.24) is 4.37 Å². The van der Waals surface area contributed by atoms with Gasteiger partial charge in [0.25, 0.3) is 0 Å². The average Bonchev–Trinajstić information content (AvgIpc) is 2.72. The van der Waals surface area contributed by atoms with Gasteiger partial charge in [-0.3, -0.25) is 4.79 Å². The van der Waals surface area contributed by atoms with Gasteiger partial charge >= 0.3 is 0 Å². The van der Waals surface area contributed by atoms with Gasteiger partial charge in [0.15, 0.2) is 5.78 Å². The second-order valence-corrected chi connectivity index (χ2v) is 4.82. The van der Waals surface area contributed by atoms with E-state index in [-0.39, 0.29) is 0 Å². The standard InChI is InChI=1S/C12H12N2OS/c15-9-4-3-7-14(8-9)12-10-5-1-2-6-11(10)13-16-12/h1-2,5-6H,3-4,7-8H2. The SMILES string of the molecule is O=C1CCCN(c2snc3ccccc23)C1. The normalized spacial score (nSPS) is 17.0. The number of nitrogens with zero attached hydrogens (tertiary/aromatic N) is 2. The Labute approximate surface area is 97.9 Å². The molecule has 1 aromatic carbocycles. The molecule has 16 heavy (non-hydrogen) atoms. The number of rotatable bonds is 1. The summed E-state index contributed by atoms with van der Waals surface area (Å²) in [4.78, 5) is 13.6. The minimum Gasteiger partial charge on any atom is -0.354 e. The van der Waals surface area contributed by atoms with Gasteiger partial charge in [-0.05, 0) is 30.1 Å². The van der Waals surface area contributed by atoms with E-state index in [1.54, 1.807) is 0 Å². The molecule has 1 aliphatic heterocycles. The fourth-order valence-corrected chi connectivity index (χ4v) is 3.00. The van der Waals surface area contributed by atoms with Crippen LogP contribution in [0.5, 0.6) is 0 Å². The summed E-state index contributed by atoms with van der Waals surface area (Å²) in [6.45, 7) is 1.52. The molecule has 0 spiro atoms. The topological polar surface area (TPSA) is 33.2 Å². The summed E-state index contributed by atoms with van der Waals surface area (Å²) < 4.78 is 4.41. The maximum Gasteiger partial charge on any atom is 0.152 e. The van der Waals surface area contributed by atoms with Gasteiger partial charge in [0.05, 0.1) is 12.1 Å². The van der Waals surface area contributed by atoms with E-state index < -0.39 is 0 Å². The number of benzene rings is 1. The lowest BCUT2D eigenvalue weighted by Crippen LogP contribution is -2.35. The predicted octanol–water partition coefficient (Wildman–Crippen LogP) is 2.47. The van der Waals surface area contributed by atoms with Crippen LogP contribution in [0.3, 0.4) is 0 Å². The molecule has 1 saturated heterocycles. The Hall–Kier alpha value is -1.42. The van der Waals surface area contributed by atoms with Gasteiger partial charge in [0.2, 0.25) is 0 Å². The molecule has 0 atom stereocenters. The molecule has 1 aromatic heterocycles. The molecule has 82 valence electrons. The zero-order valence-electron chi connectivity index (χ0n) is 8.85. The van der Waals surface area contributed by atoms with E-state index >= 15 is 0 Å². The molecule has 2 heterocycles. The van der Waals surface area contributed by atoms with Crippen molar-refractivity contribution in [3.05, 3.63) is 24.3 Å². The van der Waals surface area contributed by atoms with E-state index in [1.807, 2.05) is 18.2 Å². The van der Waals surface area contributed by atoms with Crippen LogP contribution in [0.25, 0.3) is 10.9 Å². The summed E-state index contributed by atoms with van der Waals surface area (Å²) in [6, 6.07) is 8.10. The number of carbonyl (C=O) groups excluding carboxylic acids is 1.